The predicted octanol–water partition coefficient (Wildman–Crippen LogP) is 2.67. The van der Waals surface area contributed by atoms with Crippen molar-refractivity contribution >= 4 is 21.7 Å². The lowest BCUT2D eigenvalue weighted by atomic mass is 10.2. The lowest BCUT2D eigenvalue weighted by Gasteiger charge is -2.18. The first-order valence-electron chi connectivity index (χ1n) is 7.72. The molecule has 128 valence electrons. The number of aromatic nitrogens is 1. The number of sulfonamides is 1. The van der Waals surface area contributed by atoms with E-state index in [1.165, 1.54) is 16.4 Å². The molecule has 1 N–H and O–H groups in total. The van der Waals surface area contributed by atoms with E-state index in [9.17, 15) is 13.2 Å². The van der Waals surface area contributed by atoms with Crippen LogP contribution in [0.15, 0.2) is 47.5 Å². The van der Waals surface area contributed by atoms with Crippen molar-refractivity contribution in [1.29, 1.82) is 0 Å². The van der Waals surface area contributed by atoms with Gasteiger partial charge in [0.05, 0.1) is 4.90 Å². The van der Waals surface area contributed by atoms with Gasteiger partial charge < -0.3 is 5.32 Å². The molecule has 2 aromatic rings. The average Bonchev–Trinajstić information content (AvgIpc) is 2.56. The molecule has 1 heterocycles. The highest BCUT2D eigenvalue weighted by Crippen LogP contribution is 2.18. The number of aryl methyl sites for hydroxylation is 1. The van der Waals surface area contributed by atoms with Gasteiger partial charge in [0.25, 0.3) is 5.91 Å². The van der Waals surface area contributed by atoms with Gasteiger partial charge in [0.2, 0.25) is 10.0 Å². The van der Waals surface area contributed by atoms with Crippen LogP contribution in [0.2, 0.25) is 0 Å². The quantitative estimate of drug-likeness (QED) is 0.871. The molecular formula is C17H21N3O3S. The van der Waals surface area contributed by atoms with Gasteiger partial charge in [-0.25, -0.2) is 13.4 Å². The molecule has 0 aliphatic carbocycles. The second kappa shape index (κ2) is 7.55. The van der Waals surface area contributed by atoms with E-state index < -0.39 is 15.9 Å². The minimum absolute atomic E-state index is 0.107. The third-order valence-corrected chi connectivity index (χ3v) is 5.64. The number of anilines is 1. The molecular weight excluding hydrogens is 326 g/mol. The second-order valence-corrected chi connectivity index (χ2v) is 7.23. The minimum Gasteiger partial charge on any atom is -0.307 e. The van der Waals surface area contributed by atoms with Crippen LogP contribution in [-0.4, -0.2) is 36.7 Å². The van der Waals surface area contributed by atoms with Gasteiger partial charge >= 0.3 is 0 Å². The van der Waals surface area contributed by atoms with Gasteiger partial charge in [0, 0.05) is 24.8 Å². The normalized spacial score (nSPS) is 11.5. The first-order valence-corrected chi connectivity index (χ1v) is 9.16. The Morgan fingerprint density at radius 2 is 1.88 bits per heavy atom. The van der Waals surface area contributed by atoms with E-state index in [2.05, 4.69) is 10.3 Å². The molecule has 0 saturated carbocycles. The van der Waals surface area contributed by atoms with Crippen LogP contribution in [0, 0.1) is 6.92 Å². The first kappa shape index (κ1) is 18.1. The van der Waals surface area contributed by atoms with E-state index in [1.807, 2.05) is 13.0 Å². The van der Waals surface area contributed by atoms with E-state index in [0.29, 0.717) is 18.9 Å². The van der Waals surface area contributed by atoms with Crippen molar-refractivity contribution in [3.8, 4) is 0 Å². The Morgan fingerprint density at radius 3 is 2.50 bits per heavy atom. The molecule has 7 heteroatoms. The number of hydrogen-bond donors (Lipinski definition) is 1. The maximum Gasteiger partial charge on any atom is 0.256 e. The summed E-state index contributed by atoms with van der Waals surface area (Å²) in [4.78, 5) is 16.5. The number of nitrogens with one attached hydrogen (secondary N) is 1. The maximum atomic E-state index is 12.6. The minimum atomic E-state index is -3.60. The van der Waals surface area contributed by atoms with Gasteiger partial charge in [-0.05, 0) is 42.8 Å². The summed E-state index contributed by atoms with van der Waals surface area (Å²) < 4.78 is 26.5. The number of pyridine rings is 1. The molecule has 1 aromatic carbocycles. The third-order valence-electron chi connectivity index (χ3n) is 3.60. The Labute approximate surface area is 142 Å². The highest BCUT2D eigenvalue weighted by atomic mass is 32.2. The van der Waals surface area contributed by atoms with Crippen LogP contribution in [-0.2, 0) is 10.0 Å². The van der Waals surface area contributed by atoms with E-state index in [1.54, 1.807) is 38.2 Å². The molecule has 0 fully saturated rings. The molecule has 0 saturated heterocycles. The Bertz CT molecular complexity index is 830. The Morgan fingerprint density at radius 1 is 1.17 bits per heavy atom. The van der Waals surface area contributed by atoms with Crippen LogP contribution in [0.4, 0.5) is 5.82 Å². The lowest BCUT2D eigenvalue weighted by Crippen LogP contribution is -2.30. The molecule has 0 spiro atoms. The fourth-order valence-electron chi connectivity index (χ4n) is 2.30. The predicted molar refractivity (Wildman–Crippen MR) is 93.5 cm³/mol. The molecule has 0 bridgehead atoms. The van der Waals surface area contributed by atoms with Crippen molar-refractivity contribution < 1.29 is 13.2 Å². The molecule has 0 unspecified atom stereocenters. The summed E-state index contributed by atoms with van der Waals surface area (Å²) in [5.41, 5.74) is 1.24. The number of carbonyl (C=O) groups is 1. The zero-order valence-electron chi connectivity index (χ0n) is 14.0. The van der Waals surface area contributed by atoms with Crippen molar-refractivity contribution in [3.63, 3.8) is 0 Å². The molecule has 0 aliphatic heterocycles. The smallest absolute Gasteiger partial charge is 0.256 e. The van der Waals surface area contributed by atoms with E-state index in [0.717, 1.165) is 5.56 Å². The SMILES string of the molecule is CCN(CC)S(=O)(=O)c1cccc(C(=O)Nc2cc(C)ccn2)c1. The number of amides is 1. The van der Waals surface area contributed by atoms with Crippen LogP contribution in [0.5, 0.6) is 0 Å². The molecule has 0 atom stereocenters. The number of carbonyl (C=O) groups excluding carboxylic acids is 1. The molecule has 24 heavy (non-hydrogen) atoms. The summed E-state index contributed by atoms with van der Waals surface area (Å²) in [5.74, 6) is 0.0294. The molecule has 0 radical (unpaired) electrons. The van der Waals surface area contributed by atoms with Gasteiger partial charge in [-0.2, -0.15) is 4.31 Å². The lowest BCUT2D eigenvalue weighted by molar-refractivity contribution is 0.102. The fraction of sp³-hybridized carbons (Fsp3) is 0.294. The van der Waals surface area contributed by atoms with E-state index >= 15 is 0 Å². The molecule has 1 aromatic heterocycles. The first-order chi connectivity index (χ1) is 11.4. The summed E-state index contributed by atoms with van der Waals surface area (Å²) >= 11 is 0. The van der Waals surface area contributed by atoms with Gasteiger partial charge in [0.15, 0.2) is 0 Å². The highest BCUT2D eigenvalue weighted by Gasteiger charge is 2.22. The Hall–Kier alpha value is -2.25. The molecule has 6 nitrogen and oxygen atoms in total. The van der Waals surface area contributed by atoms with Crippen LogP contribution < -0.4 is 5.32 Å². The van der Waals surface area contributed by atoms with Crippen molar-refractivity contribution in [2.75, 3.05) is 18.4 Å². The zero-order valence-corrected chi connectivity index (χ0v) is 14.8. The summed E-state index contributed by atoms with van der Waals surface area (Å²) in [6, 6.07) is 9.59. The molecule has 1 amide bonds. The monoisotopic (exact) mass is 347 g/mol. The van der Waals surface area contributed by atoms with Gasteiger partial charge in [-0.15, -0.1) is 0 Å². The van der Waals surface area contributed by atoms with Crippen molar-refractivity contribution in [2.45, 2.75) is 25.7 Å². The average molecular weight is 347 g/mol. The third kappa shape index (κ3) is 3.98. The van der Waals surface area contributed by atoms with Crippen LogP contribution in [0.1, 0.15) is 29.8 Å². The van der Waals surface area contributed by atoms with Crippen molar-refractivity contribution in [1.82, 2.24) is 9.29 Å². The highest BCUT2D eigenvalue weighted by molar-refractivity contribution is 7.89. The van der Waals surface area contributed by atoms with Crippen LogP contribution >= 0.6 is 0 Å². The number of nitrogens with zero attached hydrogens (tertiary/aromatic N) is 2. The van der Waals surface area contributed by atoms with E-state index in [-0.39, 0.29) is 10.5 Å². The largest absolute Gasteiger partial charge is 0.307 e. The number of hydrogen-bond acceptors (Lipinski definition) is 4. The molecule has 2 rings (SSSR count). The topological polar surface area (TPSA) is 79.4 Å². The molecule has 0 aliphatic rings. The van der Waals surface area contributed by atoms with Crippen molar-refractivity contribution in [3.05, 3.63) is 53.7 Å². The van der Waals surface area contributed by atoms with E-state index in [4.69, 9.17) is 0 Å². The summed E-state index contributed by atoms with van der Waals surface area (Å²) in [7, 11) is -3.60. The summed E-state index contributed by atoms with van der Waals surface area (Å²) in [5, 5.41) is 2.68. The maximum absolute atomic E-state index is 12.6. The number of benzene rings is 1. The Balaban J connectivity index is 2.28. The van der Waals surface area contributed by atoms with Crippen LogP contribution in [0.3, 0.4) is 0 Å². The number of rotatable bonds is 6. The van der Waals surface area contributed by atoms with Gasteiger partial charge in [0.1, 0.15) is 5.82 Å². The van der Waals surface area contributed by atoms with Gasteiger partial charge in [-0.1, -0.05) is 19.9 Å². The fourth-order valence-corrected chi connectivity index (χ4v) is 3.81. The standard InChI is InChI=1S/C17H21N3O3S/c1-4-20(5-2)24(22,23)15-8-6-7-14(12-15)17(21)19-16-11-13(3)9-10-18-16/h6-12H,4-5H2,1-3H3,(H,18,19,21). The summed E-state index contributed by atoms with van der Waals surface area (Å²) in [6.07, 6.45) is 1.60. The zero-order chi connectivity index (χ0) is 17.7. The van der Waals surface area contributed by atoms with Gasteiger partial charge in [-0.3, -0.25) is 4.79 Å². The Kier molecular flexibility index (Phi) is 5.69. The summed E-state index contributed by atoms with van der Waals surface area (Å²) in [6.45, 7) is 6.21. The second-order valence-electron chi connectivity index (χ2n) is 5.29. The van der Waals surface area contributed by atoms with Crippen molar-refractivity contribution in [2.24, 2.45) is 0 Å². The van der Waals surface area contributed by atoms with Crippen LogP contribution in [0.25, 0.3) is 0 Å².